The van der Waals surface area contributed by atoms with Gasteiger partial charge < -0.3 is 4.74 Å². The number of thioether (sulfide) groups is 1. The van der Waals surface area contributed by atoms with Gasteiger partial charge >= 0.3 is 0 Å². The third kappa shape index (κ3) is 5.67. The molecule has 0 amide bonds. The first-order valence-corrected chi connectivity index (χ1v) is 11.8. The number of hydrogen-bond acceptors (Lipinski definition) is 7. The summed E-state index contributed by atoms with van der Waals surface area (Å²) < 4.78 is 7.96. The van der Waals surface area contributed by atoms with Gasteiger partial charge in [-0.25, -0.2) is 0 Å². The molecule has 0 bridgehead atoms. The molecular weight excluding hydrogens is 462 g/mol. The summed E-state index contributed by atoms with van der Waals surface area (Å²) in [5.41, 5.74) is 3.97. The molecule has 8 nitrogen and oxygen atoms in total. The minimum atomic E-state index is -0.569. The molecule has 0 aliphatic rings. The number of ether oxygens (including phenoxy) is 1. The van der Waals surface area contributed by atoms with Crippen LogP contribution >= 0.6 is 11.8 Å². The van der Waals surface area contributed by atoms with Crippen molar-refractivity contribution in [2.24, 2.45) is 0 Å². The summed E-state index contributed by atoms with van der Waals surface area (Å²) in [6, 6.07) is 24.6. The van der Waals surface area contributed by atoms with Crippen molar-refractivity contribution < 1.29 is 9.66 Å². The number of hydrogen-bond donors (Lipinski definition) is 0. The maximum Gasteiger partial charge on any atom is 0.220 e. The van der Waals surface area contributed by atoms with E-state index in [4.69, 9.17) is 4.74 Å². The second-order valence-corrected chi connectivity index (χ2v) is 9.09. The van der Waals surface area contributed by atoms with Crippen molar-refractivity contribution in [2.45, 2.75) is 30.9 Å². The summed E-state index contributed by atoms with van der Waals surface area (Å²) in [4.78, 5) is 11.3. The van der Waals surface area contributed by atoms with E-state index in [0.717, 1.165) is 16.8 Å². The molecular formula is C26H23N5O3S. The Morgan fingerprint density at radius 1 is 1.06 bits per heavy atom. The van der Waals surface area contributed by atoms with Gasteiger partial charge in [-0.3, -0.25) is 14.7 Å². The van der Waals surface area contributed by atoms with Crippen LogP contribution in [0.2, 0.25) is 0 Å². The van der Waals surface area contributed by atoms with Gasteiger partial charge in [0.25, 0.3) is 0 Å². The Morgan fingerprint density at radius 2 is 1.77 bits per heavy atom. The van der Waals surface area contributed by atoms with Gasteiger partial charge in [0.2, 0.25) is 6.54 Å². The molecule has 0 radical (unpaired) electrons. The van der Waals surface area contributed by atoms with Crippen LogP contribution in [0.25, 0.3) is 5.69 Å². The lowest BCUT2D eigenvalue weighted by molar-refractivity contribution is -0.479. The average molecular weight is 486 g/mol. The van der Waals surface area contributed by atoms with Gasteiger partial charge in [-0.1, -0.05) is 65.9 Å². The van der Waals surface area contributed by atoms with Crippen LogP contribution < -0.4 is 4.74 Å². The number of rotatable bonds is 9. The number of benzene rings is 3. The molecule has 0 spiro atoms. The van der Waals surface area contributed by atoms with E-state index in [-0.39, 0.29) is 18.1 Å². The van der Waals surface area contributed by atoms with E-state index < -0.39 is 5.25 Å². The van der Waals surface area contributed by atoms with Crippen LogP contribution in [0, 0.1) is 35.3 Å². The molecule has 0 aliphatic carbocycles. The summed E-state index contributed by atoms with van der Waals surface area (Å²) in [5.74, 6) is 1.21. The molecule has 0 aliphatic heterocycles. The Hall–Kier alpha value is -4.16. The van der Waals surface area contributed by atoms with Gasteiger partial charge in [0.1, 0.15) is 23.4 Å². The molecule has 35 heavy (non-hydrogen) atoms. The van der Waals surface area contributed by atoms with Crippen molar-refractivity contribution in [3.05, 3.63) is 111 Å². The first-order valence-electron chi connectivity index (χ1n) is 10.9. The van der Waals surface area contributed by atoms with Crippen LogP contribution in [-0.4, -0.2) is 26.2 Å². The van der Waals surface area contributed by atoms with Gasteiger partial charge in [-0.2, -0.15) is 5.26 Å². The third-order valence-electron chi connectivity index (χ3n) is 5.44. The number of nitro groups is 1. The van der Waals surface area contributed by atoms with Gasteiger partial charge in [0, 0.05) is 21.7 Å². The van der Waals surface area contributed by atoms with Gasteiger partial charge in [-0.15, -0.1) is 10.2 Å². The zero-order valence-corrected chi connectivity index (χ0v) is 20.1. The van der Waals surface area contributed by atoms with E-state index in [1.807, 2.05) is 73.0 Å². The van der Waals surface area contributed by atoms with Gasteiger partial charge in [-0.05, 0) is 38.1 Å². The smallest absolute Gasteiger partial charge is 0.220 e. The normalized spacial score (nSPS) is 11.6. The van der Waals surface area contributed by atoms with Crippen molar-refractivity contribution in [1.29, 1.82) is 5.26 Å². The lowest BCUT2D eigenvalue weighted by atomic mass is 10.1. The molecule has 0 saturated carbocycles. The molecule has 9 heteroatoms. The van der Waals surface area contributed by atoms with E-state index in [9.17, 15) is 15.4 Å². The number of nitrogens with zero attached hydrogens (tertiary/aromatic N) is 5. The summed E-state index contributed by atoms with van der Waals surface area (Å²) in [6.07, 6.45) is 0. The molecule has 4 aromatic rings. The third-order valence-corrected chi connectivity index (χ3v) is 6.60. The molecule has 1 atom stereocenters. The molecule has 3 aromatic carbocycles. The van der Waals surface area contributed by atoms with Crippen LogP contribution in [0.4, 0.5) is 0 Å². The molecule has 0 N–H and O–H groups in total. The van der Waals surface area contributed by atoms with Gasteiger partial charge in [0.15, 0.2) is 5.16 Å². The Labute approximate surface area is 207 Å². The Morgan fingerprint density at radius 3 is 2.51 bits per heavy atom. The molecule has 1 heterocycles. The van der Waals surface area contributed by atoms with Crippen molar-refractivity contribution >= 4 is 11.8 Å². The predicted octanol–water partition coefficient (Wildman–Crippen LogP) is 5.44. The van der Waals surface area contributed by atoms with Crippen molar-refractivity contribution in [2.75, 3.05) is 6.54 Å². The van der Waals surface area contributed by atoms with E-state index in [0.29, 0.717) is 27.9 Å². The number of aromatic nitrogens is 3. The zero-order valence-electron chi connectivity index (χ0n) is 19.3. The lowest BCUT2D eigenvalue weighted by Crippen LogP contribution is -2.12. The van der Waals surface area contributed by atoms with Gasteiger partial charge in [0.05, 0.1) is 11.6 Å². The van der Waals surface area contributed by atoms with E-state index in [1.165, 1.54) is 11.8 Å². The van der Waals surface area contributed by atoms with Crippen molar-refractivity contribution in [3.8, 4) is 17.5 Å². The first kappa shape index (κ1) is 24.0. The molecule has 0 saturated heterocycles. The fourth-order valence-electron chi connectivity index (χ4n) is 3.66. The van der Waals surface area contributed by atoms with Crippen LogP contribution in [0.1, 0.15) is 33.3 Å². The minimum absolute atomic E-state index is 0.176. The molecule has 176 valence electrons. The van der Waals surface area contributed by atoms with Crippen molar-refractivity contribution in [1.82, 2.24) is 14.8 Å². The highest BCUT2D eigenvalue weighted by molar-refractivity contribution is 7.99. The first-order chi connectivity index (χ1) is 17.0. The van der Waals surface area contributed by atoms with Crippen LogP contribution in [0.5, 0.6) is 5.75 Å². The summed E-state index contributed by atoms with van der Waals surface area (Å²) in [7, 11) is 0. The molecule has 1 aromatic heterocycles. The summed E-state index contributed by atoms with van der Waals surface area (Å²) in [5, 5.41) is 29.5. The standard InChI is InChI=1S/C26H23N5O3S/c1-18-11-13-22(14-12-18)31-19(2)28-29-26(31)35-25(16-30(32)33)23-9-5-6-10-24(23)34-17-21-8-4-3-7-20(21)15-27/h3-14,25H,16-17H2,1-2H3/t25-/m1/s1. The number of para-hydroxylation sites is 1. The van der Waals surface area contributed by atoms with Crippen LogP contribution in [-0.2, 0) is 6.61 Å². The predicted molar refractivity (Wildman–Crippen MR) is 133 cm³/mol. The highest BCUT2D eigenvalue weighted by atomic mass is 32.2. The molecule has 0 unspecified atom stereocenters. The summed E-state index contributed by atoms with van der Waals surface area (Å²) >= 11 is 1.28. The zero-order chi connectivity index (χ0) is 24.8. The molecule has 0 fully saturated rings. The van der Waals surface area contributed by atoms with E-state index in [2.05, 4.69) is 16.3 Å². The van der Waals surface area contributed by atoms with E-state index >= 15 is 0 Å². The second-order valence-electron chi connectivity index (χ2n) is 7.92. The van der Waals surface area contributed by atoms with Crippen molar-refractivity contribution in [3.63, 3.8) is 0 Å². The quantitative estimate of drug-likeness (QED) is 0.176. The number of aryl methyl sites for hydroxylation is 2. The second kappa shape index (κ2) is 10.8. The maximum absolute atomic E-state index is 11.6. The lowest BCUT2D eigenvalue weighted by Gasteiger charge is -2.18. The number of nitriles is 1. The summed E-state index contributed by atoms with van der Waals surface area (Å²) in [6.45, 7) is 3.72. The SMILES string of the molecule is Cc1ccc(-n2c(C)nnc2S[C@H](C[N+](=O)[O-])c2ccccc2OCc2ccccc2C#N)cc1. The Balaban J connectivity index is 1.65. The molecule has 4 rings (SSSR count). The van der Waals surface area contributed by atoms with Crippen LogP contribution in [0.3, 0.4) is 0 Å². The highest BCUT2D eigenvalue weighted by Gasteiger charge is 2.26. The Kier molecular flexibility index (Phi) is 7.43. The fraction of sp³-hybridized carbons (Fsp3) is 0.192. The van der Waals surface area contributed by atoms with Crippen LogP contribution in [0.15, 0.2) is 78.0 Å². The maximum atomic E-state index is 11.6. The minimum Gasteiger partial charge on any atom is -0.489 e. The monoisotopic (exact) mass is 485 g/mol. The Bertz CT molecular complexity index is 1380. The average Bonchev–Trinajstić information content (AvgIpc) is 3.22. The highest BCUT2D eigenvalue weighted by Crippen LogP contribution is 2.40. The topological polar surface area (TPSA) is 107 Å². The fourth-order valence-corrected chi connectivity index (χ4v) is 4.86. The van der Waals surface area contributed by atoms with E-state index in [1.54, 1.807) is 18.2 Å². The largest absolute Gasteiger partial charge is 0.489 e.